The van der Waals surface area contributed by atoms with E-state index in [0.29, 0.717) is 83.4 Å². The van der Waals surface area contributed by atoms with Gasteiger partial charge in [-0.05, 0) is 133 Å². The van der Waals surface area contributed by atoms with Crippen molar-refractivity contribution in [1.29, 1.82) is 0 Å². The maximum atomic E-state index is 12.9. The summed E-state index contributed by atoms with van der Waals surface area (Å²) in [6.07, 6.45) is 2.31. The number of fused-ring (bicyclic) bond motifs is 2. The fraction of sp³-hybridized carbons (Fsp3) is 0.385. The third-order valence-electron chi connectivity index (χ3n) is 11.7. The molecule has 1 saturated heterocycles. The average Bonchev–Trinajstić information content (AvgIpc) is 4.18. The van der Waals surface area contributed by atoms with Crippen molar-refractivity contribution in [2.45, 2.75) is 104 Å². The zero-order chi connectivity index (χ0) is 49.0. The molecular weight excluding hydrogens is 881 g/mol. The van der Waals surface area contributed by atoms with Crippen molar-refractivity contribution in [2.24, 2.45) is 0 Å². The van der Waals surface area contributed by atoms with Crippen molar-refractivity contribution in [2.75, 3.05) is 26.3 Å². The Hall–Kier alpha value is -7.76. The van der Waals surface area contributed by atoms with Crippen molar-refractivity contribution in [1.82, 2.24) is 30.1 Å². The van der Waals surface area contributed by atoms with E-state index in [1.807, 2.05) is 84.9 Å². The van der Waals surface area contributed by atoms with Crippen molar-refractivity contribution in [3.8, 4) is 57.2 Å². The second-order valence-electron chi connectivity index (χ2n) is 18.3. The van der Waals surface area contributed by atoms with Gasteiger partial charge < -0.3 is 33.1 Å². The van der Waals surface area contributed by atoms with Gasteiger partial charge in [-0.3, -0.25) is 9.80 Å². The monoisotopic (exact) mass is 934 g/mol. The molecule has 3 aliphatic rings. The van der Waals surface area contributed by atoms with Gasteiger partial charge in [0, 0.05) is 28.8 Å². The molecule has 0 unspecified atom stereocenters. The smallest absolute Gasteiger partial charge is 0.410 e. The van der Waals surface area contributed by atoms with Crippen LogP contribution in [0.3, 0.4) is 0 Å². The van der Waals surface area contributed by atoms with Crippen molar-refractivity contribution < 1.29 is 42.7 Å². The normalized spacial score (nSPS) is 16.0. The Kier molecular flexibility index (Phi) is 14.0. The first-order valence-corrected chi connectivity index (χ1v) is 23.0. The fourth-order valence-electron chi connectivity index (χ4n) is 8.91. The highest BCUT2D eigenvalue weighted by Crippen LogP contribution is 2.43. The predicted molar refractivity (Wildman–Crippen MR) is 255 cm³/mol. The van der Waals surface area contributed by atoms with E-state index in [1.54, 1.807) is 40.1 Å². The van der Waals surface area contributed by atoms with E-state index in [4.69, 9.17) is 41.1 Å². The summed E-state index contributed by atoms with van der Waals surface area (Å²) in [5.41, 5.74) is 7.42. The van der Waals surface area contributed by atoms with Gasteiger partial charge in [-0.2, -0.15) is 9.97 Å². The van der Waals surface area contributed by atoms with E-state index < -0.39 is 11.7 Å². The molecule has 0 radical (unpaired) electrons. The first-order chi connectivity index (χ1) is 33.2. The van der Waals surface area contributed by atoms with Crippen LogP contribution in [-0.2, 0) is 22.3 Å². The highest BCUT2D eigenvalue weighted by Gasteiger charge is 2.37. The van der Waals surface area contributed by atoms with Crippen LogP contribution in [0.5, 0.6) is 11.5 Å². The number of amides is 2. The first kappa shape index (κ1) is 47.7. The van der Waals surface area contributed by atoms with Gasteiger partial charge in [-0.15, -0.1) is 0 Å². The van der Waals surface area contributed by atoms with Crippen molar-refractivity contribution in [3.05, 3.63) is 118 Å². The number of nitrogens with zero attached hydrogens (tertiary/aromatic N) is 8. The largest absolute Gasteiger partial charge is 0.502 e. The number of hydrogen-bond acceptors (Lipinski definition) is 13. The van der Waals surface area contributed by atoms with Gasteiger partial charge >= 0.3 is 12.2 Å². The second-order valence-corrected chi connectivity index (χ2v) is 18.3. The van der Waals surface area contributed by atoms with Gasteiger partial charge in [0.25, 0.3) is 11.8 Å². The van der Waals surface area contributed by atoms with E-state index in [2.05, 4.69) is 36.0 Å². The number of aliphatic hydroxyl groups excluding tert-OH is 1. The summed E-state index contributed by atoms with van der Waals surface area (Å²) in [5.74, 6) is 2.62. The average molecular weight is 935 g/mol. The van der Waals surface area contributed by atoms with Crippen molar-refractivity contribution in [3.63, 3.8) is 0 Å². The number of benzene rings is 4. The second kappa shape index (κ2) is 20.2. The van der Waals surface area contributed by atoms with E-state index in [0.717, 1.165) is 46.2 Å². The number of hydrogen-bond donors (Lipinski definition) is 1. The lowest BCUT2D eigenvalue weighted by molar-refractivity contribution is 0.0120. The Bertz CT molecular complexity index is 2940. The molecule has 2 atom stereocenters. The molecule has 356 valence electrons. The van der Waals surface area contributed by atoms with Crippen LogP contribution in [0.1, 0.15) is 95.6 Å². The topological polar surface area (TPSA) is 184 Å². The summed E-state index contributed by atoms with van der Waals surface area (Å²) in [7, 11) is 0. The maximum Gasteiger partial charge on any atom is 0.410 e. The van der Waals surface area contributed by atoms with E-state index >= 15 is 0 Å². The lowest BCUT2D eigenvalue weighted by Gasteiger charge is -2.31. The third kappa shape index (κ3) is 10.4. The molecule has 9 rings (SSSR count). The Labute approximate surface area is 400 Å². The Morgan fingerprint density at radius 2 is 1.35 bits per heavy atom. The molecule has 2 aromatic heterocycles. The van der Waals surface area contributed by atoms with Crippen LogP contribution >= 0.6 is 0 Å². The number of aliphatic hydroxyl groups is 1. The molecule has 0 spiro atoms. The van der Waals surface area contributed by atoms with Gasteiger partial charge in [0.05, 0.1) is 50.6 Å². The number of ether oxygens (including phenoxy) is 4. The number of cyclic esters (lactones) is 1. The Balaban J connectivity index is 0.000000188. The quantitative estimate of drug-likeness (QED) is 0.114. The molecule has 2 aliphatic carbocycles. The number of carbonyl (C=O) groups is 2. The predicted octanol–water partition coefficient (Wildman–Crippen LogP) is 11.1. The summed E-state index contributed by atoms with van der Waals surface area (Å²) in [4.78, 5) is 44.7. The van der Waals surface area contributed by atoms with Crippen LogP contribution in [0.2, 0.25) is 0 Å². The van der Waals surface area contributed by atoms with Gasteiger partial charge in [0.15, 0.2) is 0 Å². The minimum atomic E-state index is -0.638. The Morgan fingerprint density at radius 1 is 0.812 bits per heavy atom. The zero-order valence-electron chi connectivity index (χ0n) is 39.7. The zero-order valence-corrected chi connectivity index (χ0v) is 39.7. The summed E-state index contributed by atoms with van der Waals surface area (Å²) < 4.78 is 33.2. The summed E-state index contributed by atoms with van der Waals surface area (Å²) in [6, 6.07) is 22.1. The standard InChI is InChI=1S/C28H32N4O5.C24H22N4O4/c1-17(2)35-24-13-10-18(16-22(24)29-6)26-30-25(31-37-26)21-9-7-8-20-19(21)11-12-23(20)32(14-15-33)27(34)36-28(3,4)5;1-14(2)31-21-10-7-15(13-19(21)25-3)23-26-22(27-32-23)18-6-4-5-17-16(18)8-9-20(17)28-11-12-30-24(28)29/h7-10,13,16-17,23,33H,11-12,14-15H2,1-5H3;4-7,10,13-14,20H,8-9,11-12H2,1-2H3/t23-;20-/m11/s1. The molecule has 17 nitrogen and oxygen atoms in total. The van der Waals surface area contributed by atoms with Gasteiger partial charge in [-0.1, -0.05) is 46.7 Å². The third-order valence-corrected chi connectivity index (χ3v) is 11.7. The highest BCUT2D eigenvalue weighted by molar-refractivity contribution is 5.74. The maximum absolute atomic E-state index is 12.9. The SMILES string of the molecule is [C-]#[N+]c1cc(-c2nc(-c3cccc4c3CC[C@H]4N(CCO)C(=O)OC(C)(C)C)no2)ccc1OC(C)C.[C-]#[N+]c1cc(-c2nc(-c3cccc4c3CC[C@H]4N3CCOC3=O)no2)ccc1OC(C)C. The van der Waals surface area contributed by atoms with Gasteiger partial charge in [0.1, 0.15) is 23.7 Å². The molecule has 0 bridgehead atoms. The molecule has 1 fully saturated rings. The molecular formula is C52H54N8O9. The molecule has 1 aliphatic heterocycles. The van der Waals surface area contributed by atoms with Crippen LogP contribution in [0, 0.1) is 13.1 Å². The van der Waals surface area contributed by atoms with E-state index in [-0.39, 0.29) is 43.5 Å². The lowest BCUT2D eigenvalue weighted by atomic mass is 10.0. The van der Waals surface area contributed by atoms with Crippen molar-refractivity contribution >= 4 is 23.6 Å². The van der Waals surface area contributed by atoms with Crippen LogP contribution in [-0.4, -0.2) is 91.5 Å². The molecule has 17 heteroatoms. The lowest BCUT2D eigenvalue weighted by Crippen LogP contribution is -2.40. The summed E-state index contributed by atoms with van der Waals surface area (Å²) in [6.45, 7) is 29.1. The van der Waals surface area contributed by atoms with Crippen LogP contribution in [0.15, 0.2) is 81.8 Å². The molecule has 3 heterocycles. The number of aromatic nitrogens is 4. The van der Waals surface area contributed by atoms with E-state index in [1.165, 1.54) is 0 Å². The number of rotatable bonds is 12. The molecule has 4 aromatic carbocycles. The van der Waals surface area contributed by atoms with E-state index in [9.17, 15) is 14.7 Å². The number of carbonyl (C=O) groups excluding carboxylic acids is 2. The highest BCUT2D eigenvalue weighted by atomic mass is 16.6. The minimum absolute atomic E-state index is 0.0149. The first-order valence-electron chi connectivity index (χ1n) is 23.0. The van der Waals surface area contributed by atoms with Crippen LogP contribution < -0.4 is 9.47 Å². The van der Waals surface area contributed by atoms with Crippen LogP contribution in [0.25, 0.3) is 55.4 Å². The van der Waals surface area contributed by atoms with Gasteiger partial charge in [-0.25, -0.2) is 19.3 Å². The molecule has 2 amide bonds. The molecule has 0 saturated carbocycles. The summed E-state index contributed by atoms with van der Waals surface area (Å²) in [5, 5.41) is 18.0. The molecule has 69 heavy (non-hydrogen) atoms. The Morgan fingerprint density at radius 3 is 1.84 bits per heavy atom. The fourth-order valence-corrected chi connectivity index (χ4v) is 8.91. The van der Waals surface area contributed by atoms with Gasteiger partial charge in [0.2, 0.25) is 23.0 Å². The van der Waals surface area contributed by atoms with Crippen LogP contribution in [0.4, 0.5) is 21.0 Å². The molecule has 6 aromatic rings. The molecule has 1 N–H and O–H groups in total. The minimum Gasteiger partial charge on any atom is -0.502 e. The summed E-state index contributed by atoms with van der Waals surface area (Å²) >= 11 is 0.